The monoisotopic (exact) mass is 134 g/mol. The van der Waals surface area contributed by atoms with Crippen LogP contribution in [-0.2, 0) is 0 Å². The fraction of sp³-hybridized carbons (Fsp3) is 0.400. The van der Waals surface area contributed by atoms with Crippen molar-refractivity contribution in [3.8, 4) is 0 Å². The summed E-state index contributed by atoms with van der Waals surface area (Å²) in [5, 5.41) is 0. The van der Waals surface area contributed by atoms with Gasteiger partial charge < -0.3 is 0 Å². The minimum Gasteiger partial charge on any atom is -0.0845 e. The normalized spacial score (nSPS) is 17.9. The summed E-state index contributed by atoms with van der Waals surface area (Å²) in [4.78, 5) is 0. The van der Waals surface area contributed by atoms with Gasteiger partial charge in [-0.25, -0.2) is 0 Å². The Kier molecular flexibility index (Phi) is 3.01. The van der Waals surface area contributed by atoms with Gasteiger partial charge in [-0.05, 0) is 24.8 Å². The van der Waals surface area contributed by atoms with Crippen molar-refractivity contribution >= 4 is 0 Å². The third-order valence-corrected chi connectivity index (χ3v) is 1.61. The third-order valence-electron chi connectivity index (χ3n) is 1.61. The van der Waals surface area contributed by atoms with Crippen molar-refractivity contribution in [3.05, 3.63) is 36.0 Å². The maximum Gasteiger partial charge on any atom is -0.0244 e. The van der Waals surface area contributed by atoms with E-state index in [1.54, 1.807) is 0 Å². The van der Waals surface area contributed by atoms with Crippen LogP contribution in [0.25, 0.3) is 0 Å². The van der Waals surface area contributed by atoms with Crippen LogP contribution in [-0.4, -0.2) is 0 Å². The zero-order valence-corrected chi connectivity index (χ0v) is 6.51. The molecule has 0 fully saturated rings. The molecule has 0 amide bonds. The van der Waals surface area contributed by atoms with Gasteiger partial charge in [-0.15, -0.1) is 0 Å². The van der Waals surface area contributed by atoms with Crippen LogP contribution < -0.4 is 0 Å². The number of allylic oxidation sites excluding steroid dienone is 6. The molecule has 54 valence electrons. The van der Waals surface area contributed by atoms with E-state index >= 15 is 0 Å². The molecular formula is C10H14. The molecule has 0 atom stereocenters. The van der Waals surface area contributed by atoms with Crippen LogP contribution in [0.15, 0.2) is 36.0 Å². The molecule has 0 saturated heterocycles. The van der Waals surface area contributed by atoms with Gasteiger partial charge in [-0.1, -0.05) is 37.3 Å². The molecular weight excluding hydrogens is 120 g/mol. The van der Waals surface area contributed by atoms with Gasteiger partial charge in [0, 0.05) is 0 Å². The lowest BCUT2D eigenvalue weighted by molar-refractivity contribution is 0.987. The second-order valence-corrected chi connectivity index (χ2v) is 2.52. The molecule has 0 spiro atoms. The first-order valence-electron chi connectivity index (χ1n) is 3.95. The van der Waals surface area contributed by atoms with E-state index in [1.165, 1.54) is 18.4 Å². The van der Waals surface area contributed by atoms with Gasteiger partial charge in [0.15, 0.2) is 0 Å². The van der Waals surface area contributed by atoms with Crippen molar-refractivity contribution in [3.63, 3.8) is 0 Å². The van der Waals surface area contributed by atoms with E-state index in [0.717, 1.165) is 6.42 Å². The second kappa shape index (κ2) is 4.10. The standard InChI is InChI=1S/C10H14/c1-2-3-7-10-8-5-4-6-9-10/h3-5,7-8H,2,6,9H2,1H3. The largest absolute Gasteiger partial charge is 0.0845 e. The summed E-state index contributed by atoms with van der Waals surface area (Å²) >= 11 is 0. The fourth-order valence-corrected chi connectivity index (χ4v) is 1.03. The molecule has 0 radical (unpaired) electrons. The van der Waals surface area contributed by atoms with Crippen LogP contribution in [0.3, 0.4) is 0 Å². The highest BCUT2D eigenvalue weighted by atomic mass is 14.0. The van der Waals surface area contributed by atoms with Gasteiger partial charge in [-0.2, -0.15) is 0 Å². The Morgan fingerprint density at radius 1 is 1.60 bits per heavy atom. The van der Waals surface area contributed by atoms with Crippen LogP contribution in [0, 0.1) is 0 Å². The molecule has 0 nitrogen and oxygen atoms in total. The van der Waals surface area contributed by atoms with Crippen molar-refractivity contribution < 1.29 is 0 Å². The Bertz CT molecular complexity index is 170. The average molecular weight is 134 g/mol. The predicted octanol–water partition coefficient (Wildman–Crippen LogP) is 3.23. The van der Waals surface area contributed by atoms with Crippen LogP contribution in [0.2, 0.25) is 0 Å². The SMILES string of the molecule is CCC=CC1=CC=CCC1. The molecule has 1 aliphatic carbocycles. The summed E-state index contributed by atoms with van der Waals surface area (Å²) in [6, 6.07) is 0. The predicted molar refractivity (Wildman–Crippen MR) is 45.9 cm³/mol. The van der Waals surface area contributed by atoms with Crippen molar-refractivity contribution in [1.82, 2.24) is 0 Å². The van der Waals surface area contributed by atoms with Gasteiger partial charge in [0.2, 0.25) is 0 Å². The smallest absolute Gasteiger partial charge is 0.0244 e. The summed E-state index contributed by atoms with van der Waals surface area (Å²) < 4.78 is 0. The Hall–Kier alpha value is -0.780. The van der Waals surface area contributed by atoms with Gasteiger partial charge >= 0.3 is 0 Å². The zero-order valence-electron chi connectivity index (χ0n) is 6.51. The lowest BCUT2D eigenvalue weighted by Crippen LogP contribution is -1.81. The number of rotatable bonds is 2. The molecule has 0 saturated carbocycles. The van der Waals surface area contributed by atoms with Crippen LogP contribution >= 0.6 is 0 Å². The third kappa shape index (κ3) is 2.22. The fourth-order valence-electron chi connectivity index (χ4n) is 1.03. The lowest BCUT2D eigenvalue weighted by Gasteiger charge is -2.01. The van der Waals surface area contributed by atoms with Gasteiger partial charge in [0.25, 0.3) is 0 Å². The Morgan fingerprint density at radius 2 is 2.50 bits per heavy atom. The van der Waals surface area contributed by atoms with Gasteiger partial charge in [0.05, 0.1) is 0 Å². The number of hydrogen-bond acceptors (Lipinski definition) is 0. The molecule has 0 aliphatic heterocycles. The topological polar surface area (TPSA) is 0 Å². The summed E-state index contributed by atoms with van der Waals surface area (Å²) in [5.74, 6) is 0. The maximum absolute atomic E-state index is 2.23. The molecule has 10 heavy (non-hydrogen) atoms. The van der Waals surface area contributed by atoms with Crippen molar-refractivity contribution in [2.45, 2.75) is 26.2 Å². The van der Waals surface area contributed by atoms with Crippen LogP contribution in [0.4, 0.5) is 0 Å². The highest BCUT2D eigenvalue weighted by Gasteiger charge is 1.92. The van der Waals surface area contributed by atoms with Crippen LogP contribution in [0.1, 0.15) is 26.2 Å². The van der Waals surface area contributed by atoms with Gasteiger partial charge in [0.1, 0.15) is 0 Å². The summed E-state index contributed by atoms with van der Waals surface area (Å²) in [6.45, 7) is 2.16. The summed E-state index contributed by atoms with van der Waals surface area (Å²) in [5.41, 5.74) is 1.46. The zero-order chi connectivity index (χ0) is 7.23. The van der Waals surface area contributed by atoms with E-state index in [1.807, 2.05) is 0 Å². The molecule has 0 aromatic rings. The first-order valence-corrected chi connectivity index (χ1v) is 3.95. The minimum absolute atomic E-state index is 1.14. The van der Waals surface area contributed by atoms with Crippen molar-refractivity contribution in [1.29, 1.82) is 0 Å². The molecule has 0 N–H and O–H groups in total. The molecule has 0 bridgehead atoms. The van der Waals surface area contributed by atoms with E-state index < -0.39 is 0 Å². The van der Waals surface area contributed by atoms with Crippen LogP contribution in [0.5, 0.6) is 0 Å². The average Bonchev–Trinajstić information content (AvgIpc) is 2.03. The molecule has 0 unspecified atom stereocenters. The first-order chi connectivity index (χ1) is 4.93. The van der Waals surface area contributed by atoms with Gasteiger partial charge in [-0.3, -0.25) is 0 Å². The Labute approximate surface area is 62.9 Å². The quantitative estimate of drug-likeness (QED) is 0.544. The molecule has 1 aliphatic rings. The summed E-state index contributed by atoms with van der Waals surface area (Å²) in [6.07, 6.45) is 14.5. The van der Waals surface area contributed by atoms with E-state index in [-0.39, 0.29) is 0 Å². The highest BCUT2D eigenvalue weighted by molar-refractivity contribution is 5.26. The highest BCUT2D eigenvalue weighted by Crippen LogP contribution is 2.12. The first kappa shape index (κ1) is 7.33. The molecule has 0 heteroatoms. The second-order valence-electron chi connectivity index (χ2n) is 2.52. The van der Waals surface area contributed by atoms with E-state index in [0.29, 0.717) is 0 Å². The van der Waals surface area contributed by atoms with E-state index in [2.05, 4.69) is 37.3 Å². The Morgan fingerprint density at radius 3 is 3.10 bits per heavy atom. The van der Waals surface area contributed by atoms with Crippen molar-refractivity contribution in [2.24, 2.45) is 0 Å². The molecule has 1 rings (SSSR count). The Balaban J connectivity index is 2.47. The molecule has 0 heterocycles. The molecule has 0 aromatic heterocycles. The molecule has 0 aromatic carbocycles. The lowest BCUT2D eigenvalue weighted by atomic mass is 10.0. The van der Waals surface area contributed by atoms with Crippen molar-refractivity contribution in [2.75, 3.05) is 0 Å². The summed E-state index contributed by atoms with van der Waals surface area (Å²) in [7, 11) is 0. The minimum atomic E-state index is 1.14. The number of hydrogen-bond donors (Lipinski definition) is 0. The maximum atomic E-state index is 2.23. The van der Waals surface area contributed by atoms with E-state index in [9.17, 15) is 0 Å². The van der Waals surface area contributed by atoms with E-state index in [4.69, 9.17) is 0 Å².